The van der Waals surface area contributed by atoms with Crippen LogP contribution in [0.5, 0.6) is 0 Å². The minimum Gasteiger partial charge on any atom is -0.462 e. The Morgan fingerprint density at radius 3 is 1.65 bits per heavy atom. The lowest BCUT2D eigenvalue weighted by atomic mass is 9.90. The van der Waals surface area contributed by atoms with Crippen LogP contribution in [0.15, 0.2) is 0 Å². The molecule has 0 aromatic rings. The van der Waals surface area contributed by atoms with Crippen LogP contribution in [0.3, 0.4) is 0 Å². The zero-order valence-corrected chi connectivity index (χ0v) is 25.7. The van der Waals surface area contributed by atoms with E-state index < -0.39 is 102 Å². The number of aliphatic hydroxyl groups is 2. The Bertz CT molecular complexity index is 1110. The second kappa shape index (κ2) is 13.6. The van der Waals surface area contributed by atoms with Gasteiger partial charge in [0.25, 0.3) is 0 Å². The van der Waals surface area contributed by atoms with Gasteiger partial charge < -0.3 is 33.9 Å². The standard InChI is InChI=1S/C14H19F5O6.C12H17F5O4/c1-5-11(3,4)10(21)23-6-8-9(24-7(2)20)12(15,16)13(22,25-8)14(17,18)19;1-4-9(2,3)8(18)21-7-5-6-20-11(19,10(7,13)14)12(15,16)17/h8-9,22H,5-6H2,1-4H3;7,19H,4-6H2,1-3H3. The first-order valence-corrected chi connectivity index (χ1v) is 13.6. The third kappa shape index (κ3) is 7.98. The van der Waals surface area contributed by atoms with Crippen LogP contribution < -0.4 is 0 Å². The summed E-state index contributed by atoms with van der Waals surface area (Å²) in [5.41, 5.74) is -2.14. The van der Waals surface area contributed by atoms with Crippen LogP contribution in [0.25, 0.3) is 0 Å². The molecular weight excluding hydrogens is 662 g/mol. The molecule has 0 spiro atoms. The smallest absolute Gasteiger partial charge is 0.449 e. The lowest BCUT2D eigenvalue weighted by Gasteiger charge is -2.43. The molecule has 20 heteroatoms. The zero-order chi connectivity index (χ0) is 36.5. The van der Waals surface area contributed by atoms with Gasteiger partial charge in [-0.15, -0.1) is 0 Å². The summed E-state index contributed by atoms with van der Waals surface area (Å²) < 4.78 is 154. The van der Waals surface area contributed by atoms with E-state index in [4.69, 9.17) is 4.74 Å². The maximum Gasteiger partial charge on any atom is 0.449 e. The van der Waals surface area contributed by atoms with Crippen molar-refractivity contribution < 1.29 is 92.2 Å². The molecule has 2 aliphatic rings. The van der Waals surface area contributed by atoms with Crippen LogP contribution in [0.4, 0.5) is 43.9 Å². The van der Waals surface area contributed by atoms with Gasteiger partial charge in [-0.25, -0.2) is 0 Å². The maximum absolute atomic E-state index is 14.1. The van der Waals surface area contributed by atoms with Gasteiger partial charge in [-0.2, -0.15) is 43.9 Å². The minimum atomic E-state index is -5.88. The van der Waals surface area contributed by atoms with E-state index in [1.807, 2.05) is 0 Å². The van der Waals surface area contributed by atoms with Gasteiger partial charge in [0.2, 0.25) is 6.10 Å². The number of hydrogen-bond acceptors (Lipinski definition) is 10. The van der Waals surface area contributed by atoms with Gasteiger partial charge in [-0.3, -0.25) is 14.4 Å². The Balaban J connectivity index is 0.000000467. The lowest BCUT2D eigenvalue weighted by molar-refractivity contribution is -0.456. The number of carbonyl (C=O) groups is 3. The molecule has 5 atom stereocenters. The van der Waals surface area contributed by atoms with Crippen molar-refractivity contribution in [1.29, 1.82) is 0 Å². The first kappa shape index (κ1) is 41.6. The number of ether oxygens (including phenoxy) is 5. The Kier molecular flexibility index (Phi) is 12.3. The van der Waals surface area contributed by atoms with Crippen LogP contribution in [-0.2, 0) is 38.1 Å². The number of alkyl halides is 10. The van der Waals surface area contributed by atoms with E-state index >= 15 is 0 Å². The average Bonchev–Trinajstić information content (AvgIpc) is 3.10. The molecule has 2 N–H and O–H groups in total. The van der Waals surface area contributed by atoms with Crippen molar-refractivity contribution in [2.75, 3.05) is 13.2 Å². The van der Waals surface area contributed by atoms with Gasteiger partial charge >= 0.3 is 53.7 Å². The van der Waals surface area contributed by atoms with Gasteiger partial charge in [0.15, 0.2) is 6.10 Å². The topological polar surface area (TPSA) is 138 Å². The SMILES string of the molecule is CCC(C)(C)C(=O)OC1CCOC(O)(C(F)(F)F)C1(F)F.CCC(C)(C)C(=O)OCC1OC(O)(C(F)(F)F)C(F)(F)C1OC(C)=O. The monoisotopic (exact) mass is 698 g/mol. The summed E-state index contributed by atoms with van der Waals surface area (Å²) in [4.78, 5) is 34.6. The highest BCUT2D eigenvalue weighted by molar-refractivity contribution is 5.76. The highest BCUT2D eigenvalue weighted by Crippen LogP contribution is 2.52. The molecule has 2 saturated heterocycles. The van der Waals surface area contributed by atoms with Gasteiger partial charge in [0, 0.05) is 13.3 Å². The van der Waals surface area contributed by atoms with Crippen molar-refractivity contribution in [1.82, 2.24) is 0 Å². The highest BCUT2D eigenvalue weighted by Gasteiger charge is 2.81. The number of carbonyl (C=O) groups excluding carboxylic acids is 3. The van der Waals surface area contributed by atoms with Crippen LogP contribution in [0.1, 0.15) is 67.7 Å². The first-order valence-electron chi connectivity index (χ1n) is 13.6. The predicted molar refractivity (Wildman–Crippen MR) is 132 cm³/mol. The van der Waals surface area contributed by atoms with E-state index in [9.17, 15) is 68.5 Å². The van der Waals surface area contributed by atoms with E-state index in [1.54, 1.807) is 13.8 Å². The Morgan fingerprint density at radius 1 is 0.783 bits per heavy atom. The molecule has 0 saturated carbocycles. The molecule has 0 amide bonds. The molecule has 0 aromatic heterocycles. The van der Waals surface area contributed by atoms with Crippen molar-refractivity contribution >= 4 is 17.9 Å². The second-order valence-corrected chi connectivity index (χ2v) is 11.8. The quantitative estimate of drug-likeness (QED) is 0.206. The van der Waals surface area contributed by atoms with E-state index in [2.05, 4.69) is 18.9 Å². The molecule has 0 aromatic carbocycles. The number of rotatable bonds is 8. The summed E-state index contributed by atoms with van der Waals surface area (Å²) in [6.45, 7) is 7.88. The number of esters is 3. The molecule has 2 rings (SSSR count). The fourth-order valence-corrected chi connectivity index (χ4v) is 3.64. The third-order valence-corrected chi connectivity index (χ3v) is 7.58. The van der Waals surface area contributed by atoms with Crippen molar-refractivity contribution in [2.45, 2.75) is 122 Å². The van der Waals surface area contributed by atoms with Crippen LogP contribution in [-0.4, -0.2) is 95.4 Å². The van der Waals surface area contributed by atoms with Crippen molar-refractivity contribution in [3.8, 4) is 0 Å². The van der Waals surface area contributed by atoms with Gasteiger partial charge in [0.05, 0.1) is 17.4 Å². The largest absolute Gasteiger partial charge is 0.462 e. The molecule has 2 heterocycles. The summed E-state index contributed by atoms with van der Waals surface area (Å²) in [7, 11) is 0. The average molecular weight is 699 g/mol. The first-order chi connectivity index (χ1) is 20.4. The van der Waals surface area contributed by atoms with Crippen molar-refractivity contribution in [2.24, 2.45) is 10.8 Å². The van der Waals surface area contributed by atoms with E-state index in [0.29, 0.717) is 13.3 Å². The third-order valence-electron chi connectivity index (χ3n) is 7.58. The van der Waals surface area contributed by atoms with E-state index in [0.717, 1.165) is 0 Å². The molecule has 2 fully saturated rings. The maximum atomic E-state index is 14.1. The van der Waals surface area contributed by atoms with Gasteiger partial charge in [-0.05, 0) is 40.5 Å². The van der Waals surface area contributed by atoms with Crippen molar-refractivity contribution in [3.05, 3.63) is 0 Å². The molecule has 0 aliphatic carbocycles. The summed E-state index contributed by atoms with van der Waals surface area (Å²) in [5.74, 6) is -22.6. The normalized spacial score (nSPS) is 29.7. The van der Waals surface area contributed by atoms with Crippen LogP contribution in [0.2, 0.25) is 0 Å². The molecule has 270 valence electrons. The molecular formula is C26H36F10O10. The molecule has 0 bridgehead atoms. The van der Waals surface area contributed by atoms with E-state index in [-0.39, 0.29) is 6.42 Å². The van der Waals surface area contributed by atoms with Gasteiger partial charge in [0.1, 0.15) is 12.7 Å². The molecule has 2 aliphatic heterocycles. The van der Waals surface area contributed by atoms with E-state index in [1.165, 1.54) is 27.7 Å². The number of halogens is 10. The Labute approximate surface area is 256 Å². The highest BCUT2D eigenvalue weighted by atomic mass is 19.4. The van der Waals surface area contributed by atoms with Crippen LogP contribution >= 0.6 is 0 Å². The minimum absolute atomic E-state index is 0.254. The molecule has 0 radical (unpaired) electrons. The van der Waals surface area contributed by atoms with Crippen LogP contribution in [0, 0.1) is 10.8 Å². The molecule has 5 unspecified atom stereocenters. The molecule has 46 heavy (non-hydrogen) atoms. The predicted octanol–water partition coefficient (Wildman–Crippen LogP) is 4.82. The lowest BCUT2D eigenvalue weighted by Crippen LogP contribution is -2.68. The Morgan fingerprint density at radius 2 is 1.24 bits per heavy atom. The fourth-order valence-electron chi connectivity index (χ4n) is 3.64. The second-order valence-electron chi connectivity index (χ2n) is 11.8. The van der Waals surface area contributed by atoms with Gasteiger partial charge in [-0.1, -0.05) is 13.8 Å². The summed E-state index contributed by atoms with van der Waals surface area (Å²) in [5, 5.41) is 18.5. The zero-order valence-electron chi connectivity index (χ0n) is 25.7. The summed E-state index contributed by atoms with van der Waals surface area (Å²) >= 11 is 0. The number of hydrogen-bond donors (Lipinski definition) is 2. The molecule has 10 nitrogen and oxygen atoms in total. The van der Waals surface area contributed by atoms with Crippen molar-refractivity contribution in [3.63, 3.8) is 0 Å². The fraction of sp³-hybridized carbons (Fsp3) is 0.885. The Hall–Kier alpha value is -2.45. The summed E-state index contributed by atoms with van der Waals surface area (Å²) in [6.07, 6.45) is -19.1. The summed E-state index contributed by atoms with van der Waals surface area (Å²) in [6, 6.07) is 0.